The summed E-state index contributed by atoms with van der Waals surface area (Å²) in [6.45, 7) is 12.0. The van der Waals surface area contributed by atoms with E-state index in [1.165, 1.54) is 276 Å². The quantitative estimate of drug-likeness (QED) is 0.0222. The van der Waals surface area contributed by atoms with Gasteiger partial charge in [0.2, 0.25) is 0 Å². The van der Waals surface area contributed by atoms with Crippen molar-refractivity contribution in [2.45, 2.75) is 491 Å². The molecule has 0 aliphatic rings. The first-order valence-corrected chi connectivity index (χ1v) is 48.9. The van der Waals surface area contributed by atoms with Crippen LogP contribution in [0.4, 0.5) is 0 Å². The number of hydrogen-bond acceptors (Lipinski definition) is 15. The van der Waals surface area contributed by atoms with Gasteiger partial charge in [-0.05, 0) is 43.4 Å². The Bertz CT molecular complexity index is 2080. The number of phosphoric ester groups is 2. The third-order valence-electron chi connectivity index (χ3n) is 21.6. The molecule has 0 aliphatic carbocycles. The summed E-state index contributed by atoms with van der Waals surface area (Å²) in [4.78, 5) is 73.3. The average Bonchev–Trinajstić information content (AvgIpc) is 0.986. The highest BCUT2D eigenvalue weighted by Gasteiger charge is 2.31. The summed E-state index contributed by atoms with van der Waals surface area (Å²) >= 11 is 0. The van der Waals surface area contributed by atoms with Gasteiger partial charge in [-0.3, -0.25) is 37.3 Å². The maximum atomic E-state index is 13.2. The molecule has 7 atom stereocenters. The van der Waals surface area contributed by atoms with Crippen LogP contribution in [0.5, 0.6) is 0 Å². The van der Waals surface area contributed by atoms with Crippen LogP contribution in [0.2, 0.25) is 0 Å². The van der Waals surface area contributed by atoms with Crippen LogP contribution in [-0.4, -0.2) is 96.7 Å². The van der Waals surface area contributed by atoms with Crippen LogP contribution in [0.25, 0.3) is 0 Å². The number of ether oxygens (including phenoxy) is 4. The van der Waals surface area contributed by atoms with E-state index in [-0.39, 0.29) is 25.7 Å². The summed E-state index contributed by atoms with van der Waals surface area (Å²) in [6.07, 6.45) is 70.9. The van der Waals surface area contributed by atoms with E-state index < -0.39 is 97.5 Å². The van der Waals surface area contributed by atoms with Crippen LogP contribution in [0.1, 0.15) is 472 Å². The molecule has 0 bridgehead atoms. The summed E-state index contributed by atoms with van der Waals surface area (Å²) in [5.41, 5.74) is 0. The lowest BCUT2D eigenvalue weighted by Gasteiger charge is -2.21. The van der Waals surface area contributed by atoms with Gasteiger partial charge >= 0.3 is 39.5 Å². The highest BCUT2D eigenvalue weighted by molar-refractivity contribution is 7.47. The Labute approximate surface area is 664 Å². The molecule has 0 aromatic rings. The van der Waals surface area contributed by atoms with E-state index in [2.05, 4.69) is 48.5 Å². The van der Waals surface area contributed by atoms with Crippen molar-refractivity contribution in [1.82, 2.24) is 0 Å². The van der Waals surface area contributed by atoms with Gasteiger partial charge in [-0.25, -0.2) is 9.13 Å². The van der Waals surface area contributed by atoms with Crippen molar-refractivity contribution >= 4 is 39.5 Å². The maximum absolute atomic E-state index is 13.2. The lowest BCUT2D eigenvalue weighted by atomic mass is 9.99. The van der Waals surface area contributed by atoms with Crippen LogP contribution in [0.3, 0.4) is 0 Å². The number of carbonyl (C=O) groups is 4. The molecule has 19 heteroatoms. The molecule has 0 fully saturated rings. The van der Waals surface area contributed by atoms with Gasteiger partial charge in [0.15, 0.2) is 12.2 Å². The normalized spacial score (nSPS) is 14.3. The number of unbranched alkanes of at least 4 members (excludes halogenated alkanes) is 53. The van der Waals surface area contributed by atoms with Crippen molar-refractivity contribution in [3.63, 3.8) is 0 Å². The second-order valence-corrected chi connectivity index (χ2v) is 35.9. The number of rotatable bonds is 87. The van der Waals surface area contributed by atoms with E-state index in [1.807, 2.05) is 0 Å². The first-order chi connectivity index (χ1) is 52.3. The predicted molar refractivity (Wildman–Crippen MR) is 446 cm³/mol. The van der Waals surface area contributed by atoms with Crippen molar-refractivity contribution in [3.05, 3.63) is 0 Å². The van der Waals surface area contributed by atoms with Gasteiger partial charge in [-0.1, -0.05) is 421 Å². The van der Waals surface area contributed by atoms with Crippen molar-refractivity contribution in [1.29, 1.82) is 0 Å². The Morgan fingerprint density at radius 2 is 0.472 bits per heavy atom. The SMILES string of the molecule is CCCCCCCCCCCCCCCCCCCCCC(=O)OC[C@H](COP(=O)(O)OC[C@@H](O)COP(=O)(O)OC[C@@H](COC(=O)CCCCCCCCC(C)CC)OC(=O)CCCCCCCCCCCCCCCCC(C)CC)OC(=O)CCCCCCCCCCCCCCCCCCCCC(C)C. The molecule has 642 valence electrons. The van der Waals surface area contributed by atoms with E-state index in [9.17, 15) is 43.2 Å². The van der Waals surface area contributed by atoms with Crippen LogP contribution >= 0.6 is 15.6 Å². The van der Waals surface area contributed by atoms with Gasteiger partial charge in [0.25, 0.3) is 0 Å². The minimum absolute atomic E-state index is 0.107. The number of carbonyl (C=O) groups excluding carboxylic acids is 4. The number of aliphatic hydroxyl groups excluding tert-OH is 1. The molecule has 0 aliphatic heterocycles. The Balaban J connectivity index is 5.23. The number of aliphatic hydroxyl groups is 1. The molecule has 0 saturated heterocycles. The second kappa shape index (κ2) is 78.9. The molecule has 0 spiro atoms. The van der Waals surface area contributed by atoms with Crippen molar-refractivity contribution in [2.75, 3.05) is 39.6 Å². The molecule has 0 aromatic heterocycles. The molecule has 0 rings (SSSR count). The Hall–Kier alpha value is -1.94. The monoisotopic (exact) mass is 1580 g/mol. The van der Waals surface area contributed by atoms with Gasteiger partial charge in [0.1, 0.15) is 19.3 Å². The fraction of sp³-hybridized carbons (Fsp3) is 0.955. The second-order valence-electron chi connectivity index (χ2n) is 32.9. The molecule has 0 saturated carbocycles. The van der Waals surface area contributed by atoms with E-state index in [0.29, 0.717) is 25.7 Å². The molecule has 0 radical (unpaired) electrons. The number of esters is 4. The molecule has 4 unspecified atom stereocenters. The van der Waals surface area contributed by atoms with Gasteiger partial charge in [0.05, 0.1) is 26.4 Å². The fourth-order valence-corrected chi connectivity index (χ4v) is 15.4. The molecule has 17 nitrogen and oxygen atoms in total. The summed E-state index contributed by atoms with van der Waals surface area (Å²) in [7, 11) is -9.93. The van der Waals surface area contributed by atoms with E-state index in [0.717, 1.165) is 114 Å². The predicted octanol–water partition coefficient (Wildman–Crippen LogP) is 27.3. The lowest BCUT2D eigenvalue weighted by Crippen LogP contribution is -2.30. The van der Waals surface area contributed by atoms with Crippen LogP contribution in [-0.2, 0) is 65.4 Å². The van der Waals surface area contributed by atoms with Gasteiger partial charge in [-0.2, -0.15) is 0 Å². The third-order valence-corrected chi connectivity index (χ3v) is 23.5. The zero-order chi connectivity index (χ0) is 79.3. The zero-order valence-electron chi connectivity index (χ0n) is 71.3. The van der Waals surface area contributed by atoms with E-state index >= 15 is 0 Å². The first kappa shape index (κ1) is 106. The minimum atomic E-state index is -4.97. The zero-order valence-corrected chi connectivity index (χ0v) is 73.1. The standard InChI is InChI=1S/C89H174O17P2/c1-8-11-12-13-14-15-16-17-18-19-20-24-27-33-38-43-48-56-63-70-86(91)99-76-84(105-88(93)72-65-58-49-44-39-34-28-25-22-21-23-26-31-36-41-46-53-60-67-80(4)5)78-103-107(95,96)101-74-83(90)75-102-108(97,98)104-79-85(77-100-87(92)71-64-57-52-51-55-62-69-82(7)10-3)106-89(94)73-66-59-50-45-40-35-30-29-32-37-42-47-54-61-68-81(6)9-2/h80-85,90H,8-79H2,1-7H3,(H,95,96)(H,97,98)/t81?,82?,83-,84-,85-/m1/s1. The summed E-state index contributed by atoms with van der Waals surface area (Å²) in [5.74, 6) is 0.295. The van der Waals surface area contributed by atoms with Gasteiger partial charge in [0, 0.05) is 25.7 Å². The molecular formula is C89H174O17P2. The maximum Gasteiger partial charge on any atom is 0.472 e. The Morgan fingerprint density at radius 3 is 0.704 bits per heavy atom. The molecular weight excluding hydrogens is 1400 g/mol. The van der Waals surface area contributed by atoms with Crippen LogP contribution in [0.15, 0.2) is 0 Å². The smallest absolute Gasteiger partial charge is 0.462 e. The Kier molecular flexibility index (Phi) is 77.5. The molecule has 3 N–H and O–H groups in total. The minimum Gasteiger partial charge on any atom is -0.462 e. The van der Waals surface area contributed by atoms with Gasteiger partial charge in [-0.15, -0.1) is 0 Å². The van der Waals surface area contributed by atoms with Crippen LogP contribution < -0.4 is 0 Å². The first-order valence-electron chi connectivity index (χ1n) is 45.9. The highest BCUT2D eigenvalue weighted by Crippen LogP contribution is 2.45. The van der Waals surface area contributed by atoms with Gasteiger partial charge < -0.3 is 33.8 Å². The van der Waals surface area contributed by atoms with Crippen molar-refractivity contribution < 1.29 is 80.2 Å². The highest BCUT2D eigenvalue weighted by atomic mass is 31.2. The van der Waals surface area contributed by atoms with Crippen molar-refractivity contribution in [3.8, 4) is 0 Å². The molecule has 0 heterocycles. The largest absolute Gasteiger partial charge is 0.472 e. The molecule has 0 aromatic carbocycles. The van der Waals surface area contributed by atoms with Crippen molar-refractivity contribution in [2.24, 2.45) is 17.8 Å². The summed E-state index contributed by atoms with van der Waals surface area (Å²) in [6, 6.07) is 0. The lowest BCUT2D eigenvalue weighted by molar-refractivity contribution is -0.161. The van der Waals surface area contributed by atoms with E-state index in [1.54, 1.807) is 0 Å². The fourth-order valence-electron chi connectivity index (χ4n) is 13.8. The molecule has 108 heavy (non-hydrogen) atoms. The summed E-state index contributed by atoms with van der Waals surface area (Å²) < 4.78 is 69.0. The number of hydrogen-bond donors (Lipinski definition) is 3. The van der Waals surface area contributed by atoms with E-state index in [4.69, 9.17) is 37.0 Å². The Morgan fingerprint density at radius 1 is 0.269 bits per heavy atom. The van der Waals surface area contributed by atoms with Crippen LogP contribution in [0, 0.1) is 17.8 Å². The average molecular weight is 1580 g/mol. The molecule has 0 amide bonds. The third kappa shape index (κ3) is 79.3. The number of phosphoric acid groups is 2. The topological polar surface area (TPSA) is 237 Å². The summed E-state index contributed by atoms with van der Waals surface area (Å²) in [5, 5.41) is 10.7.